The fourth-order valence-electron chi connectivity index (χ4n) is 3.10. The lowest BCUT2D eigenvalue weighted by atomic mass is 9.90. The van der Waals surface area contributed by atoms with Crippen molar-refractivity contribution in [2.45, 2.75) is 97.7 Å². The first-order valence-electron chi connectivity index (χ1n) is 11.2. The largest absolute Gasteiger partial charge is 0.386 e. The van der Waals surface area contributed by atoms with E-state index < -0.39 is 11.6 Å². The van der Waals surface area contributed by atoms with Crippen LogP contribution in [0.2, 0.25) is 0 Å². The van der Waals surface area contributed by atoms with Gasteiger partial charge in [0.1, 0.15) is 11.6 Å². The summed E-state index contributed by atoms with van der Waals surface area (Å²) in [6, 6.07) is -0.638. The molecule has 3 amide bonds. The predicted octanol–water partition coefficient (Wildman–Crippen LogP) is 1.91. The third kappa shape index (κ3) is 9.05. The SMILES string of the molecule is C=C(N)NCCC[C@H](NC(=O)C(CC)(CC)NC(=O)C(C)C)C(=O)NC(CC)CC. The summed E-state index contributed by atoms with van der Waals surface area (Å²) in [7, 11) is 0. The van der Waals surface area contributed by atoms with Crippen LogP contribution >= 0.6 is 0 Å². The number of nitrogens with one attached hydrogen (secondary N) is 4. The number of hydrogen-bond acceptors (Lipinski definition) is 5. The Labute approximate surface area is 182 Å². The van der Waals surface area contributed by atoms with Crippen LogP contribution in [0, 0.1) is 5.92 Å². The molecule has 1 atom stereocenters. The van der Waals surface area contributed by atoms with E-state index in [1.807, 2.05) is 27.7 Å². The van der Waals surface area contributed by atoms with Crippen LogP contribution in [0.25, 0.3) is 0 Å². The van der Waals surface area contributed by atoms with Gasteiger partial charge in [0.15, 0.2) is 0 Å². The molecule has 0 radical (unpaired) electrons. The Hall–Kier alpha value is -2.25. The van der Waals surface area contributed by atoms with Crippen molar-refractivity contribution in [1.29, 1.82) is 0 Å². The second-order valence-electron chi connectivity index (χ2n) is 8.08. The van der Waals surface area contributed by atoms with Crippen molar-refractivity contribution < 1.29 is 14.4 Å². The summed E-state index contributed by atoms with van der Waals surface area (Å²) in [6.45, 7) is 15.5. The molecule has 0 fully saturated rings. The maximum atomic E-state index is 13.2. The van der Waals surface area contributed by atoms with Crippen LogP contribution in [0.3, 0.4) is 0 Å². The van der Waals surface area contributed by atoms with Crippen LogP contribution in [-0.4, -0.2) is 41.9 Å². The van der Waals surface area contributed by atoms with Gasteiger partial charge >= 0.3 is 0 Å². The highest BCUT2D eigenvalue weighted by molar-refractivity contribution is 5.95. The monoisotopic (exact) mass is 425 g/mol. The molecule has 0 aliphatic heterocycles. The van der Waals surface area contributed by atoms with Crippen molar-refractivity contribution in [2.24, 2.45) is 11.7 Å². The zero-order valence-corrected chi connectivity index (χ0v) is 19.7. The number of rotatable bonds is 15. The van der Waals surface area contributed by atoms with Gasteiger partial charge in [-0.2, -0.15) is 0 Å². The Morgan fingerprint density at radius 1 is 0.967 bits per heavy atom. The van der Waals surface area contributed by atoms with Gasteiger partial charge in [-0.15, -0.1) is 0 Å². The van der Waals surface area contributed by atoms with E-state index in [1.165, 1.54) is 0 Å². The smallest absolute Gasteiger partial charge is 0.246 e. The molecule has 0 unspecified atom stereocenters. The molecule has 0 saturated carbocycles. The van der Waals surface area contributed by atoms with E-state index in [0.717, 1.165) is 12.8 Å². The van der Waals surface area contributed by atoms with Crippen LogP contribution in [0.1, 0.15) is 80.1 Å². The third-order valence-corrected chi connectivity index (χ3v) is 5.50. The average molecular weight is 426 g/mol. The third-order valence-electron chi connectivity index (χ3n) is 5.50. The van der Waals surface area contributed by atoms with Crippen LogP contribution in [0.5, 0.6) is 0 Å². The van der Waals surface area contributed by atoms with Crippen LogP contribution in [-0.2, 0) is 14.4 Å². The Balaban J connectivity index is 5.43. The first kappa shape index (κ1) is 27.8. The van der Waals surface area contributed by atoms with E-state index in [0.29, 0.717) is 38.0 Å². The molecule has 8 nitrogen and oxygen atoms in total. The lowest BCUT2D eigenvalue weighted by Gasteiger charge is -2.34. The van der Waals surface area contributed by atoms with Gasteiger partial charge < -0.3 is 27.0 Å². The summed E-state index contributed by atoms with van der Waals surface area (Å²) in [4.78, 5) is 38.4. The zero-order valence-electron chi connectivity index (χ0n) is 19.7. The molecule has 0 rings (SSSR count). The van der Waals surface area contributed by atoms with E-state index in [2.05, 4.69) is 27.8 Å². The van der Waals surface area contributed by atoms with Crippen molar-refractivity contribution >= 4 is 17.7 Å². The Bertz CT molecular complexity index is 569. The maximum Gasteiger partial charge on any atom is 0.246 e. The summed E-state index contributed by atoms with van der Waals surface area (Å²) in [6.07, 6.45) is 3.57. The molecule has 30 heavy (non-hydrogen) atoms. The molecule has 0 spiro atoms. The second kappa shape index (κ2) is 13.9. The van der Waals surface area contributed by atoms with Gasteiger partial charge in [-0.1, -0.05) is 48.1 Å². The molecule has 0 aromatic heterocycles. The van der Waals surface area contributed by atoms with Crippen molar-refractivity contribution in [3.63, 3.8) is 0 Å². The highest BCUT2D eigenvalue weighted by Gasteiger charge is 2.38. The first-order chi connectivity index (χ1) is 14.1. The standard InChI is InChI=1S/C22H43N5O3/c1-8-17(9-2)25-20(29)18(13-12-14-24-16(7)23)26-21(30)22(10-3,11-4)27-19(28)15(5)6/h15,17-18,24H,7-14,23H2,1-6H3,(H,25,29)(H,26,30)(H,27,28)/t18-/m0/s1. The molecule has 8 heteroatoms. The molecule has 0 aromatic rings. The molecule has 0 aliphatic carbocycles. The van der Waals surface area contributed by atoms with Gasteiger partial charge in [-0.3, -0.25) is 14.4 Å². The van der Waals surface area contributed by atoms with Gasteiger partial charge in [0.05, 0.1) is 5.82 Å². The van der Waals surface area contributed by atoms with E-state index in [1.54, 1.807) is 13.8 Å². The maximum absolute atomic E-state index is 13.2. The fraction of sp³-hybridized carbons (Fsp3) is 0.773. The van der Waals surface area contributed by atoms with E-state index >= 15 is 0 Å². The zero-order chi connectivity index (χ0) is 23.3. The molecule has 0 saturated heterocycles. The quantitative estimate of drug-likeness (QED) is 0.256. The highest BCUT2D eigenvalue weighted by atomic mass is 16.2. The Morgan fingerprint density at radius 3 is 1.97 bits per heavy atom. The van der Waals surface area contributed by atoms with Gasteiger partial charge in [0.25, 0.3) is 0 Å². The molecule has 0 aliphatic rings. The average Bonchev–Trinajstić information content (AvgIpc) is 2.71. The fourth-order valence-corrected chi connectivity index (χ4v) is 3.10. The number of nitrogens with two attached hydrogens (primary N) is 1. The first-order valence-corrected chi connectivity index (χ1v) is 11.2. The number of carbonyl (C=O) groups excluding carboxylic acids is 3. The second-order valence-corrected chi connectivity index (χ2v) is 8.08. The van der Waals surface area contributed by atoms with Crippen molar-refractivity contribution in [1.82, 2.24) is 21.3 Å². The van der Waals surface area contributed by atoms with E-state index in [-0.39, 0.29) is 29.7 Å². The van der Waals surface area contributed by atoms with Crippen molar-refractivity contribution in [3.05, 3.63) is 12.4 Å². The summed E-state index contributed by atoms with van der Waals surface area (Å²) >= 11 is 0. The van der Waals surface area contributed by atoms with Gasteiger partial charge in [-0.25, -0.2) is 0 Å². The van der Waals surface area contributed by atoms with E-state index in [4.69, 9.17) is 5.73 Å². The van der Waals surface area contributed by atoms with Crippen LogP contribution in [0.15, 0.2) is 12.4 Å². The minimum absolute atomic E-state index is 0.0570. The lowest BCUT2D eigenvalue weighted by Crippen LogP contribution is -2.62. The highest BCUT2D eigenvalue weighted by Crippen LogP contribution is 2.17. The molecule has 0 bridgehead atoms. The molecule has 0 heterocycles. The minimum Gasteiger partial charge on any atom is -0.386 e. The van der Waals surface area contributed by atoms with Crippen LogP contribution < -0.4 is 27.0 Å². The summed E-state index contributed by atoms with van der Waals surface area (Å²) < 4.78 is 0. The lowest BCUT2D eigenvalue weighted by molar-refractivity contribution is -0.137. The number of carbonyl (C=O) groups is 3. The summed E-state index contributed by atoms with van der Waals surface area (Å²) in [5.74, 6) is -0.594. The normalized spacial score (nSPS) is 12.4. The molecule has 174 valence electrons. The Kier molecular flexibility index (Phi) is 12.8. The topological polar surface area (TPSA) is 125 Å². The van der Waals surface area contributed by atoms with Gasteiger partial charge in [0, 0.05) is 18.5 Å². The predicted molar refractivity (Wildman–Crippen MR) is 121 cm³/mol. The number of hydrogen-bond donors (Lipinski definition) is 5. The summed E-state index contributed by atoms with van der Waals surface area (Å²) in [5.41, 5.74) is 4.48. The Morgan fingerprint density at radius 2 is 1.53 bits per heavy atom. The summed E-state index contributed by atoms with van der Waals surface area (Å²) in [5, 5.41) is 11.7. The van der Waals surface area contributed by atoms with E-state index in [9.17, 15) is 14.4 Å². The van der Waals surface area contributed by atoms with Gasteiger partial charge in [-0.05, 0) is 38.5 Å². The number of amides is 3. The molecular weight excluding hydrogens is 382 g/mol. The van der Waals surface area contributed by atoms with Gasteiger partial charge in [0.2, 0.25) is 17.7 Å². The molecular formula is C22H43N5O3. The van der Waals surface area contributed by atoms with Crippen LogP contribution in [0.4, 0.5) is 0 Å². The van der Waals surface area contributed by atoms with Crippen molar-refractivity contribution in [3.8, 4) is 0 Å². The minimum atomic E-state index is -1.04. The van der Waals surface area contributed by atoms with Crippen molar-refractivity contribution in [2.75, 3.05) is 6.54 Å². The molecule has 0 aromatic carbocycles. The molecule has 6 N–H and O–H groups in total.